The molecule has 0 atom stereocenters. The highest BCUT2D eigenvalue weighted by Gasteiger charge is 2.13. The standard InChI is InChI=1S/C12H15BrClN3/c1-9(2)8-17(5-3-4-15)12-11(13)6-10(14)7-16-12/h6-7,9H,3,5,8H2,1-2H3. The molecule has 0 bridgehead atoms. The Labute approximate surface area is 116 Å². The van der Waals surface area contributed by atoms with Crippen LogP contribution in [0.2, 0.25) is 5.02 Å². The molecule has 0 aromatic carbocycles. The van der Waals surface area contributed by atoms with E-state index in [-0.39, 0.29) is 0 Å². The van der Waals surface area contributed by atoms with Gasteiger partial charge in [0.05, 0.1) is 22.0 Å². The fourth-order valence-corrected chi connectivity index (χ4v) is 2.44. The highest BCUT2D eigenvalue weighted by Crippen LogP contribution is 2.27. The van der Waals surface area contributed by atoms with Crippen molar-refractivity contribution in [1.82, 2.24) is 4.98 Å². The summed E-state index contributed by atoms with van der Waals surface area (Å²) in [4.78, 5) is 6.43. The second-order valence-corrected chi connectivity index (χ2v) is 5.50. The summed E-state index contributed by atoms with van der Waals surface area (Å²) in [5, 5.41) is 9.28. The second kappa shape index (κ2) is 6.83. The summed E-state index contributed by atoms with van der Waals surface area (Å²) in [6.07, 6.45) is 2.12. The van der Waals surface area contributed by atoms with Crippen molar-refractivity contribution >= 4 is 33.3 Å². The molecule has 92 valence electrons. The molecule has 1 aromatic heterocycles. The fraction of sp³-hybridized carbons (Fsp3) is 0.500. The summed E-state index contributed by atoms with van der Waals surface area (Å²) in [6, 6.07) is 3.98. The van der Waals surface area contributed by atoms with Gasteiger partial charge >= 0.3 is 0 Å². The lowest BCUT2D eigenvalue weighted by molar-refractivity contribution is 0.607. The van der Waals surface area contributed by atoms with Crippen molar-refractivity contribution in [2.75, 3.05) is 18.0 Å². The van der Waals surface area contributed by atoms with Gasteiger partial charge in [-0.15, -0.1) is 0 Å². The predicted molar refractivity (Wildman–Crippen MR) is 74.2 cm³/mol. The van der Waals surface area contributed by atoms with E-state index < -0.39 is 0 Å². The van der Waals surface area contributed by atoms with Crippen molar-refractivity contribution in [1.29, 1.82) is 5.26 Å². The van der Waals surface area contributed by atoms with Crippen molar-refractivity contribution in [3.8, 4) is 6.07 Å². The largest absolute Gasteiger partial charge is 0.354 e. The highest BCUT2D eigenvalue weighted by atomic mass is 79.9. The van der Waals surface area contributed by atoms with Crippen molar-refractivity contribution in [2.24, 2.45) is 5.92 Å². The summed E-state index contributed by atoms with van der Waals surface area (Å²) in [6.45, 7) is 5.84. The second-order valence-electron chi connectivity index (χ2n) is 4.21. The number of pyridine rings is 1. The van der Waals surface area contributed by atoms with Crippen LogP contribution < -0.4 is 4.90 Å². The van der Waals surface area contributed by atoms with E-state index in [0.29, 0.717) is 23.9 Å². The molecule has 0 radical (unpaired) electrons. The Morgan fingerprint density at radius 2 is 2.29 bits per heavy atom. The Morgan fingerprint density at radius 1 is 1.59 bits per heavy atom. The number of aromatic nitrogens is 1. The van der Waals surface area contributed by atoms with Gasteiger partial charge in [0.15, 0.2) is 0 Å². The van der Waals surface area contributed by atoms with Gasteiger partial charge in [0.2, 0.25) is 0 Å². The predicted octanol–water partition coefficient (Wildman–Crippen LogP) is 3.87. The summed E-state index contributed by atoms with van der Waals surface area (Å²) in [5.41, 5.74) is 0. The summed E-state index contributed by atoms with van der Waals surface area (Å²) in [7, 11) is 0. The van der Waals surface area contributed by atoms with Crippen LogP contribution in [0, 0.1) is 17.2 Å². The number of hydrogen-bond acceptors (Lipinski definition) is 3. The Morgan fingerprint density at radius 3 is 2.82 bits per heavy atom. The first-order chi connectivity index (χ1) is 8.04. The van der Waals surface area contributed by atoms with Gasteiger partial charge in [0, 0.05) is 19.3 Å². The molecule has 5 heteroatoms. The number of anilines is 1. The average molecular weight is 317 g/mol. The zero-order valence-corrected chi connectivity index (χ0v) is 12.3. The van der Waals surface area contributed by atoms with Crippen molar-refractivity contribution in [3.63, 3.8) is 0 Å². The van der Waals surface area contributed by atoms with Gasteiger partial charge in [-0.3, -0.25) is 0 Å². The zero-order valence-electron chi connectivity index (χ0n) is 9.95. The molecule has 0 fully saturated rings. The van der Waals surface area contributed by atoms with Gasteiger partial charge in [-0.2, -0.15) is 5.26 Å². The molecule has 1 rings (SSSR count). The molecule has 3 nitrogen and oxygen atoms in total. The minimum atomic E-state index is 0.490. The monoisotopic (exact) mass is 315 g/mol. The molecule has 0 saturated heterocycles. The number of hydrogen-bond donors (Lipinski definition) is 0. The van der Waals surface area contributed by atoms with E-state index in [9.17, 15) is 0 Å². The zero-order chi connectivity index (χ0) is 12.8. The summed E-state index contributed by atoms with van der Waals surface area (Å²) >= 11 is 9.33. The molecule has 0 aliphatic carbocycles. The van der Waals surface area contributed by atoms with E-state index in [0.717, 1.165) is 16.8 Å². The van der Waals surface area contributed by atoms with Gasteiger partial charge in [0.1, 0.15) is 5.82 Å². The van der Waals surface area contributed by atoms with Gasteiger partial charge in [-0.1, -0.05) is 25.4 Å². The topological polar surface area (TPSA) is 39.9 Å². The van der Waals surface area contributed by atoms with E-state index in [4.69, 9.17) is 16.9 Å². The van der Waals surface area contributed by atoms with E-state index >= 15 is 0 Å². The Balaban J connectivity index is 2.91. The molecular weight excluding hydrogens is 302 g/mol. The van der Waals surface area contributed by atoms with Crippen LogP contribution >= 0.6 is 27.5 Å². The molecule has 0 unspecified atom stereocenters. The lowest BCUT2D eigenvalue weighted by atomic mass is 10.2. The highest BCUT2D eigenvalue weighted by molar-refractivity contribution is 9.10. The third-order valence-electron chi connectivity index (χ3n) is 2.17. The van der Waals surface area contributed by atoms with Gasteiger partial charge < -0.3 is 4.90 Å². The maximum absolute atomic E-state index is 8.68. The molecule has 0 saturated carbocycles. The van der Waals surface area contributed by atoms with Crippen LogP contribution in [0.5, 0.6) is 0 Å². The summed E-state index contributed by atoms with van der Waals surface area (Å²) in [5.74, 6) is 1.36. The van der Waals surface area contributed by atoms with Crippen molar-refractivity contribution in [2.45, 2.75) is 20.3 Å². The van der Waals surface area contributed by atoms with Crippen molar-refractivity contribution < 1.29 is 0 Å². The quantitative estimate of drug-likeness (QED) is 0.828. The smallest absolute Gasteiger partial charge is 0.143 e. The third kappa shape index (κ3) is 4.53. The molecule has 0 aliphatic rings. The van der Waals surface area contributed by atoms with E-state index in [1.54, 1.807) is 6.20 Å². The number of nitrogens with zero attached hydrogens (tertiary/aromatic N) is 3. The minimum absolute atomic E-state index is 0.490. The van der Waals surface area contributed by atoms with Crippen LogP contribution in [0.15, 0.2) is 16.7 Å². The molecule has 0 spiro atoms. The number of nitriles is 1. The average Bonchev–Trinajstić information content (AvgIpc) is 2.24. The van der Waals surface area contributed by atoms with Crippen molar-refractivity contribution in [3.05, 3.63) is 21.8 Å². The fourth-order valence-electron chi connectivity index (χ4n) is 1.55. The minimum Gasteiger partial charge on any atom is -0.354 e. The first kappa shape index (κ1) is 14.3. The number of halogens is 2. The van der Waals surface area contributed by atoms with E-state index in [2.05, 4.69) is 45.7 Å². The van der Waals surface area contributed by atoms with Crippen LogP contribution in [0.3, 0.4) is 0 Å². The Kier molecular flexibility index (Phi) is 5.73. The molecule has 0 N–H and O–H groups in total. The lowest BCUT2D eigenvalue weighted by Gasteiger charge is -2.25. The SMILES string of the molecule is CC(C)CN(CCC#N)c1ncc(Cl)cc1Br. The molecular formula is C12H15BrClN3. The van der Waals surface area contributed by atoms with E-state index in [1.807, 2.05) is 6.07 Å². The van der Waals surface area contributed by atoms with Gasteiger partial charge in [0.25, 0.3) is 0 Å². The molecule has 1 aromatic rings. The number of rotatable bonds is 5. The van der Waals surface area contributed by atoms with Crippen LogP contribution in [-0.4, -0.2) is 18.1 Å². The summed E-state index contributed by atoms with van der Waals surface area (Å²) < 4.78 is 0.864. The molecule has 17 heavy (non-hydrogen) atoms. The third-order valence-corrected chi connectivity index (χ3v) is 2.96. The first-order valence-corrected chi connectivity index (χ1v) is 6.64. The molecule has 0 aliphatic heterocycles. The Bertz CT molecular complexity index is 415. The first-order valence-electron chi connectivity index (χ1n) is 5.47. The normalized spacial score (nSPS) is 10.4. The van der Waals surface area contributed by atoms with Gasteiger partial charge in [-0.25, -0.2) is 4.98 Å². The van der Waals surface area contributed by atoms with Gasteiger partial charge in [-0.05, 0) is 27.9 Å². The van der Waals surface area contributed by atoms with Crippen LogP contribution in [0.1, 0.15) is 20.3 Å². The molecule has 1 heterocycles. The maximum atomic E-state index is 8.68. The van der Waals surface area contributed by atoms with E-state index in [1.165, 1.54) is 0 Å². The van der Waals surface area contributed by atoms with Crippen LogP contribution in [0.25, 0.3) is 0 Å². The van der Waals surface area contributed by atoms with Crippen LogP contribution in [0.4, 0.5) is 5.82 Å². The Hall–Kier alpha value is -0.790. The van der Waals surface area contributed by atoms with Crippen LogP contribution in [-0.2, 0) is 0 Å². The maximum Gasteiger partial charge on any atom is 0.143 e. The molecule has 0 amide bonds. The lowest BCUT2D eigenvalue weighted by Crippen LogP contribution is -2.29.